The summed E-state index contributed by atoms with van der Waals surface area (Å²) in [5.41, 5.74) is 1.14. The van der Waals surface area contributed by atoms with Gasteiger partial charge in [0.05, 0.1) is 11.5 Å². The van der Waals surface area contributed by atoms with Crippen LogP contribution in [0.4, 0.5) is 0 Å². The molecule has 0 atom stereocenters. The van der Waals surface area contributed by atoms with E-state index in [1.165, 1.54) is 4.31 Å². The van der Waals surface area contributed by atoms with E-state index in [0.717, 1.165) is 48.0 Å². The summed E-state index contributed by atoms with van der Waals surface area (Å²) in [4.78, 5) is 13.0. The summed E-state index contributed by atoms with van der Waals surface area (Å²) in [6.45, 7) is 4.14. The predicted molar refractivity (Wildman–Crippen MR) is 139 cm³/mol. The molecule has 3 aromatic carbocycles. The number of nitrogens with one attached hydrogen (secondary N) is 1. The number of amides is 1. The first-order chi connectivity index (χ1) is 17.0. The van der Waals surface area contributed by atoms with Crippen molar-refractivity contribution in [1.29, 1.82) is 0 Å². The van der Waals surface area contributed by atoms with Gasteiger partial charge in [0.15, 0.2) is 0 Å². The molecule has 1 saturated heterocycles. The molecule has 0 radical (unpaired) electrons. The first-order valence-corrected chi connectivity index (χ1v) is 13.9. The summed E-state index contributed by atoms with van der Waals surface area (Å²) in [5, 5.41) is 4.94. The normalized spacial score (nSPS) is 15.2. The summed E-state index contributed by atoms with van der Waals surface area (Å²) in [5.74, 6) is 0.719. The van der Waals surface area contributed by atoms with E-state index < -0.39 is 10.0 Å². The number of benzene rings is 3. The second-order valence-corrected chi connectivity index (χ2v) is 11.0. The predicted octanol–water partition coefficient (Wildman–Crippen LogP) is 4.78. The molecule has 7 heteroatoms. The van der Waals surface area contributed by atoms with E-state index in [-0.39, 0.29) is 11.8 Å². The topological polar surface area (TPSA) is 75.7 Å². The van der Waals surface area contributed by atoms with Crippen LogP contribution in [0.3, 0.4) is 0 Å². The third-order valence-corrected chi connectivity index (χ3v) is 8.48. The zero-order chi connectivity index (χ0) is 24.7. The van der Waals surface area contributed by atoms with Crippen LogP contribution in [0.5, 0.6) is 5.75 Å². The second-order valence-electron chi connectivity index (χ2n) is 9.07. The summed E-state index contributed by atoms with van der Waals surface area (Å²) < 4.78 is 33.5. The van der Waals surface area contributed by atoms with Crippen molar-refractivity contribution < 1.29 is 17.9 Å². The molecule has 0 spiro atoms. The SMILES string of the molecule is CCCCOc1ccc(CCNC(=O)C2CCN(S(=O)(=O)c3ccc4ccccc4c3)CC2)cc1. The van der Waals surface area contributed by atoms with Gasteiger partial charge in [0, 0.05) is 25.6 Å². The summed E-state index contributed by atoms with van der Waals surface area (Å²) in [6, 6.07) is 21.0. The third-order valence-electron chi connectivity index (χ3n) is 6.59. The molecule has 6 nitrogen and oxygen atoms in total. The Kier molecular flexibility index (Phi) is 8.42. The highest BCUT2D eigenvalue weighted by Gasteiger charge is 2.32. The van der Waals surface area contributed by atoms with E-state index in [1.807, 2.05) is 54.6 Å². The van der Waals surface area contributed by atoms with Gasteiger partial charge in [-0.2, -0.15) is 4.31 Å². The number of unbranched alkanes of at least 4 members (excludes halogenated alkanes) is 1. The number of sulfonamides is 1. The minimum absolute atomic E-state index is 0.00673. The Hall–Kier alpha value is -2.90. The molecule has 0 unspecified atom stereocenters. The smallest absolute Gasteiger partial charge is 0.243 e. The van der Waals surface area contributed by atoms with Crippen molar-refractivity contribution in [3.05, 3.63) is 72.3 Å². The molecule has 0 aliphatic carbocycles. The van der Waals surface area contributed by atoms with Crippen molar-refractivity contribution in [2.75, 3.05) is 26.2 Å². The van der Waals surface area contributed by atoms with Gasteiger partial charge in [0.2, 0.25) is 15.9 Å². The maximum atomic E-state index is 13.2. The molecule has 1 aliphatic rings. The van der Waals surface area contributed by atoms with Gasteiger partial charge < -0.3 is 10.1 Å². The van der Waals surface area contributed by atoms with E-state index >= 15 is 0 Å². The number of ether oxygens (including phenoxy) is 1. The Labute approximate surface area is 208 Å². The van der Waals surface area contributed by atoms with Gasteiger partial charge in [-0.3, -0.25) is 4.79 Å². The average Bonchev–Trinajstić information content (AvgIpc) is 2.89. The summed E-state index contributed by atoms with van der Waals surface area (Å²) >= 11 is 0. The third kappa shape index (κ3) is 6.41. The minimum atomic E-state index is -3.58. The quantitative estimate of drug-likeness (QED) is 0.412. The zero-order valence-electron chi connectivity index (χ0n) is 20.3. The lowest BCUT2D eigenvalue weighted by Gasteiger charge is -2.30. The molecule has 0 aromatic heterocycles. The molecule has 3 aromatic rings. The van der Waals surface area contributed by atoms with E-state index in [0.29, 0.717) is 37.4 Å². The van der Waals surface area contributed by atoms with Crippen molar-refractivity contribution in [3.8, 4) is 5.75 Å². The largest absolute Gasteiger partial charge is 0.494 e. The fraction of sp³-hybridized carbons (Fsp3) is 0.393. The number of carbonyl (C=O) groups excluding carboxylic acids is 1. The van der Waals surface area contributed by atoms with Gasteiger partial charge in [0.25, 0.3) is 0 Å². The van der Waals surface area contributed by atoms with E-state index in [2.05, 4.69) is 12.2 Å². The van der Waals surface area contributed by atoms with Crippen LogP contribution in [0.1, 0.15) is 38.2 Å². The Morgan fingerprint density at radius 2 is 1.71 bits per heavy atom. The standard InChI is InChI=1S/C28H34N2O4S/c1-2-3-20-34-26-11-8-22(9-12-26)14-17-29-28(31)24-15-18-30(19-16-24)35(32,33)27-13-10-23-6-4-5-7-25(23)21-27/h4-13,21,24H,2-3,14-20H2,1H3,(H,29,31). The average molecular weight is 495 g/mol. The molecule has 4 rings (SSSR count). The van der Waals surface area contributed by atoms with Crippen LogP contribution < -0.4 is 10.1 Å². The Morgan fingerprint density at radius 1 is 1.00 bits per heavy atom. The highest BCUT2D eigenvalue weighted by Crippen LogP contribution is 2.26. The maximum absolute atomic E-state index is 13.2. The zero-order valence-corrected chi connectivity index (χ0v) is 21.1. The maximum Gasteiger partial charge on any atom is 0.243 e. The second kappa shape index (κ2) is 11.7. The van der Waals surface area contributed by atoms with Crippen LogP contribution in [0, 0.1) is 5.92 Å². The van der Waals surface area contributed by atoms with Gasteiger partial charge in [-0.25, -0.2) is 8.42 Å². The molecular formula is C28H34N2O4S. The molecule has 1 fully saturated rings. The van der Waals surface area contributed by atoms with Crippen LogP contribution >= 0.6 is 0 Å². The first kappa shape index (κ1) is 25.2. The monoisotopic (exact) mass is 494 g/mol. The number of carbonyl (C=O) groups is 1. The molecule has 1 aliphatic heterocycles. The van der Waals surface area contributed by atoms with Gasteiger partial charge in [-0.1, -0.05) is 55.8 Å². The Balaban J connectivity index is 1.24. The molecule has 186 valence electrons. The van der Waals surface area contributed by atoms with E-state index in [1.54, 1.807) is 12.1 Å². The van der Waals surface area contributed by atoms with Crippen LogP contribution in [-0.2, 0) is 21.2 Å². The molecule has 0 saturated carbocycles. The van der Waals surface area contributed by atoms with Crippen LogP contribution in [0.25, 0.3) is 10.8 Å². The summed E-state index contributed by atoms with van der Waals surface area (Å²) in [6.07, 6.45) is 3.96. The van der Waals surface area contributed by atoms with Gasteiger partial charge in [-0.05, 0) is 66.3 Å². The lowest BCUT2D eigenvalue weighted by molar-refractivity contribution is -0.126. The number of hydrogen-bond acceptors (Lipinski definition) is 4. The minimum Gasteiger partial charge on any atom is -0.494 e. The number of piperidine rings is 1. The fourth-order valence-corrected chi connectivity index (χ4v) is 5.90. The Morgan fingerprint density at radius 3 is 2.43 bits per heavy atom. The van der Waals surface area contributed by atoms with E-state index in [4.69, 9.17) is 4.74 Å². The Bertz CT molecular complexity index is 1230. The van der Waals surface area contributed by atoms with Crippen molar-refractivity contribution in [2.45, 2.75) is 43.9 Å². The van der Waals surface area contributed by atoms with Crippen molar-refractivity contribution >= 4 is 26.7 Å². The lowest BCUT2D eigenvalue weighted by Crippen LogP contribution is -2.43. The highest BCUT2D eigenvalue weighted by atomic mass is 32.2. The van der Waals surface area contributed by atoms with Crippen LogP contribution in [0.15, 0.2) is 71.6 Å². The van der Waals surface area contributed by atoms with Crippen molar-refractivity contribution in [1.82, 2.24) is 9.62 Å². The van der Waals surface area contributed by atoms with Gasteiger partial charge >= 0.3 is 0 Å². The number of rotatable bonds is 10. The van der Waals surface area contributed by atoms with Crippen LogP contribution in [-0.4, -0.2) is 44.9 Å². The molecular weight excluding hydrogens is 460 g/mol. The van der Waals surface area contributed by atoms with Gasteiger partial charge in [0.1, 0.15) is 5.75 Å². The molecule has 1 N–H and O–H groups in total. The number of hydrogen-bond donors (Lipinski definition) is 1. The highest BCUT2D eigenvalue weighted by molar-refractivity contribution is 7.89. The fourth-order valence-electron chi connectivity index (χ4n) is 4.40. The van der Waals surface area contributed by atoms with Crippen LogP contribution in [0.2, 0.25) is 0 Å². The summed E-state index contributed by atoms with van der Waals surface area (Å²) in [7, 11) is -3.58. The molecule has 0 bridgehead atoms. The molecule has 35 heavy (non-hydrogen) atoms. The number of fused-ring (bicyclic) bond motifs is 1. The van der Waals surface area contributed by atoms with E-state index in [9.17, 15) is 13.2 Å². The molecule has 1 heterocycles. The number of nitrogens with zero attached hydrogens (tertiary/aromatic N) is 1. The molecule has 1 amide bonds. The lowest BCUT2D eigenvalue weighted by atomic mass is 9.97. The van der Waals surface area contributed by atoms with Gasteiger partial charge in [-0.15, -0.1) is 0 Å². The van der Waals surface area contributed by atoms with Crippen molar-refractivity contribution in [2.24, 2.45) is 5.92 Å². The first-order valence-electron chi connectivity index (χ1n) is 12.5. The van der Waals surface area contributed by atoms with Crippen molar-refractivity contribution in [3.63, 3.8) is 0 Å².